The summed E-state index contributed by atoms with van der Waals surface area (Å²) in [5, 5.41) is 4.10. The Morgan fingerprint density at radius 1 is 1.03 bits per heavy atom. The average Bonchev–Trinajstić information content (AvgIpc) is 3.27. The maximum atomic E-state index is 12.5. The third kappa shape index (κ3) is 6.42. The second-order valence-corrected chi connectivity index (χ2v) is 9.07. The zero-order chi connectivity index (χ0) is 23.2. The largest absolute Gasteiger partial charge is 0.484 e. The molecule has 33 heavy (non-hydrogen) atoms. The minimum Gasteiger partial charge on any atom is -0.484 e. The first-order valence-electron chi connectivity index (χ1n) is 11.6. The van der Waals surface area contributed by atoms with E-state index in [2.05, 4.69) is 41.0 Å². The minimum absolute atomic E-state index is 0.0385. The lowest BCUT2D eigenvalue weighted by molar-refractivity contribution is -0.135. The third-order valence-corrected chi connectivity index (χ3v) is 5.78. The maximum Gasteiger partial charge on any atom is 0.260 e. The van der Waals surface area contributed by atoms with Gasteiger partial charge in [0.15, 0.2) is 6.61 Å². The minimum atomic E-state index is 0.0385. The number of carbonyl (C=O) groups is 1. The summed E-state index contributed by atoms with van der Waals surface area (Å²) in [4.78, 5) is 21.2. The van der Waals surface area contributed by atoms with Crippen molar-refractivity contribution in [2.24, 2.45) is 5.92 Å². The number of piperazine rings is 1. The molecule has 2 heterocycles. The van der Waals surface area contributed by atoms with Crippen LogP contribution < -0.4 is 4.74 Å². The molecule has 0 aliphatic carbocycles. The molecule has 1 fully saturated rings. The topological polar surface area (TPSA) is 71.7 Å². The van der Waals surface area contributed by atoms with Gasteiger partial charge >= 0.3 is 0 Å². The molecule has 3 aromatic rings. The fraction of sp³-hybridized carbons (Fsp3) is 0.423. The number of benzene rings is 2. The lowest BCUT2D eigenvalue weighted by Crippen LogP contribution is -2.49. The first kappa shape index (κ1) is 23.0. The number of amides is 1. The van der Waals surface area contributed by atoms with Crippen LogP contribution in [-0.4, -0.2) is 58.6 Å². The summed E-state index contributed by atoms with van der Waals surface area (Å²) in [6.07, 6.45) is 0.789. The highest BCUT2D eigenvalue weighted by molar-refractivity contribution is 5.77. The fourth-order valence-corrected chi connectivity index (χ4v) is 3.85. The summed E-state index contributed by atoms with van der Waals surface area (Å²) in [7, 11) is 0. The predicted molar refractivity (Wildman–Crippen MR) is 127 cm³/mol. The van der Waals surface area contributed by atoms with Gasteiger partial charge in [-0.25, -0.2) is 0 Å². The Labute approximate surface area is 195 Å². The van der Waals surface area contributed by atoms with Gasteiger partial charge in [-0.05, 0) is 30.5 Å². The molecule has 174 valence electrons. The van der Waals surface area contributed by atoms with Crippen molar-refractivity contribution in [1.29, 1.82) is 0 Å². The summed E-state index contributed by atoms with van der Waals surface area (Å²) in [6, 6.07) is 16.1. The van der Waals surface area contributed by atoms with Crippen molar-refractivity contribution < 1.29 is 14.1 Å². The summed E-state index contributed by atoms with van der Waals surface area (Å²) in [6.45, 7) is 10.4. The highest BCUT2D eigenvalue weighted by Gasteiger charge is 2.21. The van der Waals surface area contributed by atoms with Gasteiger partial charge in [-0.15, -0.1) is 0 Å². The van der Waals surface area contributed by atoms with Crippen LogP contribution in [0, 0.1) is 12.8 Å². The van der Waals surface area contributed by atoms with Gasteiger partial charge in [0.25, 0.3) is 5.91 Å². The molecule has 0 bridgehead atoms. The van der Waals surface area contributed by atoms with Crippen molar-refractivity contribution in [2.45, 2.75) is 33.7 Å². The number of ether oxygens (including phenoxy) is 1. The van der Waals surface area contributed by atoms with Crippen LogP contribution >= 0.6 is 0 Å². The van der Waals surface area contributed by atoms with Crippen LogP contribution in [0.5, 0.6) is 5.75 Å². The van der Waals surface area contributed by atoms with Crippen molar-refractivity contribution >= 4 is 5.91 Å². The van der Waals surface area contributed by atoms with Crippen LogP contribution in [0.2, 0.25) is 0 Å². The Morgan fingerprint density at radius 3 is 2.39 bits per heavy atom. The van der Waals surface area contributed by atoms with Gasteiger partial charge in [0.1, 0.15) is 5.75 Å². The number of aryl methyl sites for hydroxylation is 1. The lowest BCUT2D eigenvalue weighted by atomic mass is 10.1. The number of carbonyl (C=O) groups excluding carboxylic acids is 1. The van der Waals surface area contributed by atoms with Crippen LogP contribution in [0.4, 0.5) is 0 Å². The van der Waals surface area contributed by atoms with Gasteiger partial charge in [0.05, 0.1) is 0 Å². The van der Waals surface area contributed by atoms with Crippen LogP contribution in [-0.2, 0) is 17.8 Å². The lowest BCUT2D eigenvalue weighted by Gasteiger charge is -2.34. The van der Waals surface area contributed by atoms with Crippen molar-refractivity contribution in [3.8, 4) is 17.1 Å². The monoisotopic (exact) mass is 448 g/mol. The fourth-order valence-electron chi connectivity index (χ4n) is 3.85. The normalized spacial score (nSPS) is 14.6. The molecule has 1 aromatic heterocycles. The quantitative estimate of drug-likeness (QED) is 0.519. The molecule has 1 aliphatic heterocycles. The first-order valence-corrected chi connectivity index (χ1v) is 11.6. The van der Waals surface area contributed by atoms with Gasteiger partial charge < -0.3 is 14.2 Å². The molecule has 0 N–H and O–H groups in total. The molecular weight excluding hydrogens is 416 g/mol. The molecule has 1 aliphatic rings. The van der Waals surface area contributed by atoms with Crippen LogP contribution in [0.15, 0.2) is 53.1 Å². The van der Waals surface area contributed by atoms with Crippen LogP contribution in [0.3, 0.4) is 0 Å². The molecule has 1 saturated heterocycles. The van der Waals surface area contributed by atoms with E-state index >= 15 is 0 Å². The molecule has 0 unspecified atom stereocenters. The van der Waals surface area contributed by atoms with Crippen molar-refractivity contribution in [3.05, 3.63) is 65.5 Å². The molecule has 2 aromatic carbocycles. The zero-order valence-corrected chi connectivity index (χ0v) is 19.7. The highest BCUT2D eigenvalue weighted by atomic mass is 16.5. The van der Waals surface area contributed by atoms with E-state index in [4.69, 9.17) is 9.26 Å². The van der Waals surface area contributed by atoms with E-state index in [0.29, 0.717) is 17.6 Å². The van der Waals surface area contributed by atoms with Gasteiger partial charge in [0, 0.05) is 44.7 Å². The summed E-state index contributed by atoms with van der Waals surface area (Å²) in [5.41, 5.74) is 3.36. The summed E-state index contributed by atoms with van der Waals surface area (Å²) in [5.74, 6) is 2.57. The molecule has 0 atom stereocenters. The van der Waals surface area contributed by atoms with E-state index in [1.165, 1.54) is 11.1 Å². The maximum absolute atomic E-state index is 12.5. The van der Waals surface area contributed by atoms with E-state index in [-0.39, 0.29) is 12.5 Å². The highest BCUT2D eigenvalue weighted by Crippen LogP contribution is 2.19. The van der Waals surface area contributed by atoms with E-state index in [0.717, 1.165) is 50.5 Å². The molecule has 7 nitrogen and oxygen atoms in total. The van der Waals surface area contributed by atoms with E-state index < -0.39 is 0 Å². The SMILES string of the molecule is Cc1ccc(OCC(=O)N2CCN(Cc3ccc(-c4noc(CC(C)C)n4)cc3)CC2)cc1. The molecule has 0 spiro atoms. The van der Waals surface area contributed by atoms with Crippen molar-refractivity contribution in [2.75, 3.05) is 32.8 Å². The molecular formula is C26H32N4O3. The number of hydrogen-bond acceptors (Lipinski definition) is 6. The standard InChI is InChI=1S/C26H32N4O3/c1-19(2)16-24-27-26(28-33-24)22-8-6-21(7-9-22)17-29-12-14-30(15-13-29)25(31)18-32-23-10-4-20(3)5-11-23/h4-11,19H,12-18H2,1-3H3. The Balaban J connectivity index is 1.23. The Bertz CT molecular complexity index is 1040. The van der Waals surface area contributed by atoms with Gasteiger partial charge in [-0.3, -0.25) is 9.69 Å². The zero-order valence-electron chi connectivity index (χ0n) is 19.7. The van der Waals surface area contributed by atoms with Gasteiger partial charge in [-0.2, -0.15) is 4.98 Å². The van der Waals surface area contributed by atoms with E-state index in [1.54, 1.807) is 0 Å². The van der Waals surface area contributed by atoms with Crippen molar-refractivity contribution in [3.63, 3.8) is 0 Å². The molecule has 7 heteroatoms. The molecule has 4 rings (SSSR count). The van der Waals surface area contributed by atoms with Crippen LogP contribution in [0.1, 0.15) is 30.9 Å². The summed E-state index contributed by atoms with van der Waals surface area (Å²) < 4.78 is 11.0. The van der Waals surface area contributed by atoms with Crippen LogP contribution in [0.25, 0.3) is 11.4 Å². The van der Waals surface area contributed by atoms with E-state index in [1.807, 2.05) is 48.2 Å². The first-order chi connectivity index (χ1) is 16.0. The molecule has 0 radical (unpaired) electrons. The molecule has 1 amide bonds. The van der Waals surface area contributed by atoms with E-state index in [9.17, 15) is 4.79 Å². The molecule has 0 saturated carbocycles. The second kappa shape index (κ2) is 10.6. The number of rotatable bonds is 8. The van der Waals surface area contributed by atoms with Crippen molar-refractivity contribution in [1.82, 2.24) is 19.9 Å². The predicted octanol–water partition coefficient (Wildman–Crippen LogP) is 3.97. The van der Waals surface area contributed by atoms with Gasteiger partial charge in [-0.1, -0.05) is 61.0 Å². The smallest absolute Gasteiger partial charge is 0.260 e. The van der Waals surface area contributed by atoms with Gasteiger partial charge in [0.2, 0.25) is 11.7 Å². The number of hydrogen-bond donors (Lipinski definition) is 0. The third-order valence-electron chi connectivity index (χ3n) is 5.78. The second-order valence-electron chi connectivity index (χ2n) is 9.07. The number of nitrogens with zero attached hydrogens (tertiary/aromatic N) is 4. The summed E-state index contributed by atoms with van der Waals surface area (Å²) >= 11 is 0. The Morgan fingerprint density at radius 2 is 1.73 bits per heavy atom. The Kier molecular flexibility index (Phi) is 7.40. The number of aromatic nitrogens is 2. The Hall–Kier alpha value is -3.19. The average molecular weight is 449 g/mol.